The first kappa shape index (κ1) is 14.1. The number of aromatic amines is 1. The Morgan fingerprint density at radius 1 is 1.33 bits per heavy atom. The zero-order valence-electron chi connectivity index (χ0n) is 12.0. The maximum absolute atomic E-state index is 12.6. The molecule has 6 nitrogen and oxygen atoms in total. The molecule has 2 heterocycles. The van der Waals surface area contributed by atoms with Crippen molar-refractivity contribution in [3.63, 3.8) is 0 Å². The Kier molecular flexibility index (Phi) is 3.94. The topological polar surface area (TPSA) is 86.3 Å². The molecule has 1 amide bonds. The maximum atomic E-state index is 12.6. The van der Waals surface area contributed by atoms with Gasteiger partial charge in [-0.05, 0) is 44.6 Å². The van der Waals surface area contributed by atoms with Gasteiger partial charge in [-0.1, -0.05) is 0 Å². The second kappa shape index (κ2) is 5.87. The number of H-pyrrole nitrogens is 1. The largest absolute Gasteiger partial charge is 0.481 e. The summed E-state index contributed by atoms with van der Waals surface area (Å²) in [4.78, 5) is 25.2. The van der Waals surface area contributed by atoms with Crippen molar-refractivity contribution >= 4 is 11.9 Å². The summed E-state index contributed by atoms with van der Waals surface area (Å²) < 4.78 is 0. The van der Waals surface area contributed by atoms with Crippen molar-refractivity contribution in [2.45, 2.75) is 56.9 Å². The Morgan fingerprint density at radius 2 is 2.14 bits per heavy atom. The average molecular weight is 291 g/mol. The SMILES string of the molecule is O=C(O)CC[C@H]1CCCCN1C(=O)c1cc(C2CC2)[nH]n1. The minimum Gasteiger partial charge on any atom is -0.481 e. The third kappa shape index (κ3) is 3.25. The molecular weight excluding hydrogens is 270 g/mol. The van der Waals surface area contributed by atoms with Crippen molar-refractivity contribution < 1.29 is 14.7 Å². The molecule has 6 heteroatoms. The minimum absolute atomic E-state index is 0.0309. The highest BCUT2D eigenvalue weighted by atomic mass is 16.4. The van der Waals surface area contributed by atoms with Crippen molar-refractivity contribution in [2.24, 2.45) is 0 Å². The van der Waals surface area contributed by atoms with Crippen LogP contribution in [0.4, 0.5) is 0 Å². The number of nitrogens with zero attached hydrogens (tertiary/aromatic N) is 2. The molecule has 0 aromatic carbocycles. The van der Waals surface area contributed by atoms with Crippen LogP contribution in [0.25, 0.3) is 0 Å². The number of hydrogen-bond acceptors (Lipinski definition) is 3. The molecule has 1 saturated carbocycles. The van der Waals surface area contributed by atoms with E-state index < -0.39 is 5.97 Å². The lowest BCUT2D eigenvalue weighted by atomic mass is 9.97. The Hall–Kier alpha value is -1.85. The van der Waals surface area contributed by atoms with E-state index in [2.05, 4.69) is 10.2 Å². The molecule has 0 spiro atoms. The molecule has 1 atom stereocenters. The first-order valence-electron chi connectivity index (χ1n) is 7.73. The van der Waals surface area contributed by atoms with Gasteiger partial charge in [0, 0.05) is 30.6 Å². The Balaban J connectivity index is 1.68. The normalized spacial score (nSPS) is 22.3. The van der Waals surface area contributed by atoms with Crippen molar-refractivity contribution in [1.29, 1.82) is 0 Å². The first-order chi connectivity index (χ1) is 10.1. The summed E-state index contributed by atoms with van der Waals surface area (Å²) >= 11 is 0. The fourth-order valence-corrected chi connectivity index (χ4v) is 3.05. The number of hydrogen-bond donors (Lipinski definition) is 2. The van der Waals surface area contributed by atoms with Gasteiger partial charge in [0.2, 0.25) is 0 Å². The predicted molar refractivity (Wildman–Crippen MR) is 76.1 cm³/mol. The van der Waals surface area contributed by atoms with E-state index in [1.165, 1.54) is 12.8 Å². The number of carboxylic acids is 1. The average Bonchev–Trinajstić information content (AvgIpc) is 3.22. The van der Waals surface area contributed by atoms with Crippen LogP contribution >= 0.6 is 0 Å². The van der Waals surface area contributed by atoms with Crippen LogP contribution in [0.5, 0.6) is 0 Å². The van der Waals surface area contributed by atoms with Crippen molar-refractivity contribution in [2.75, 3.05) is 6.54 Å². The van der Waals surface area contributed by atoms with Gasteiger partial charge in [0.25, 0.3) is 5.91 Å². The van der Waals surface area contributed by atoms with E-state index in [1.807, 2.05) is 11.0 Å². The fourth-order valence-electron chi connectivity index (χ4n) is 3.05. The molecule has 1 aliphatic heterocycles. The van der Waals surface area contributed by atoms with Gasteiger partial charge >= 0.3 is 5.97 Å². The molecule has 1 aromatic rings. The van der Waals surface area contributed by atoms with E-state index in [0.717, 1.165) is 25.0 Å². The van der Waals surface area contributed by atoms with Crippen molar-refractivity contribution in [3.05, 3.63) is 17.5 Å². The first-order valence-corrected chi connectivity index (χ1v) is 7.73. The maximum Gasteiger partial charge on any atom is 0.303 e. The van der Waals surface area contributed by atoms with E-state index in [1.54, 1.807) is 0 Å². The summed E-state index contributed by atoms with van der Waals surface area (Å²) in [5, 5.41) is 15.9. The molecule has 21 heavy (non-hydrogen) atoms. The number of carboxylic acid groups (broad SMARTS) is 1. The van der Waals surface area contributed by atoms with Gasteiger partial charge in [-0.25, -0.2) is 0 Å². The molecule has 0 radical (unpaired) electrons. The number of aromatic nitrogens is 2. The van der Waals surface area contributed by atoms with E-state index in [4.69, 9.17) is 5.11 Å². The fraction of sp³-hybridized carbons (Fsp3) is 0.667. The molecule has 2 N–H and O–H groups in total. The third-order valence-corrected chi connectivity index (χ3v) is 4.41. The standard InChI is InChI=1S/C15H21N3O3/c19-14(20)7-6-11-3-1-2-8-18(11)15(21)13-9-12(16-17-13)10-4-5-10/h9-11H,1-8H2,(H,16,17)(H,19,20)/t11-/m1/s1. The summed E-state index contributed by atoms with van der Waals surface area (Å²) in [5.74, 6) is -0.319. The van der Waals surface area contributed by atoms with Crippen LogP contribution < -0.4 is 0 Å². The number of rotatable bonds is 5. The van der Waals surface area contributed by atoms with Crippen molar-refractivity contribution in [1.82, 2.24) is 15.1 Å². The molecule has 3 rings (SSSR count). The zero-order chi connectivity index (χ0) is 14.8. The number of likely N-dealkylation sites (tertiary alicyclic amines) is 1. The summed E-state index contributed by atoms with van der Waals surface area (Å²) in [6.07, 6.45) is 5.90. The monoisotopic (exact) mass is 291 g/mol. The quantitative estimate of drug-likeness (QED) is 0.870. The lowest BCUT2D eigenvalue weighted by molar-refractivity contribution is -0.137. The smallest absolute Gasteiger partial charge is 0.303 e. The van der Waals surface area contributed by atoms with E-state index in [9.17, 15) is 9.59 Å². The van der Waals surface area contributed by atoms with Crippen LogP contribution in [-0.4, -0.2) is 44.7 Å². The molecule has 114 valence electrons. The van der Waals surface area contributed by atoms with Gasteiger partial charge < -0.3 is 10.0 Å². The van der Waals surface area contributed by atoms with Crippen LogP contribution in [0.2, 0.25) is 0 Å². The highest BCUT2D eigenvalue weighted by Crippen LogP contribution is 2.39. The number of carbonyl (C=O) groups excluding carboxylic acids is 1. The van der Waals surface area contributed by atoms with Gasteiger partial charge in [0.15, 0.2) is 0 Å². The van der Waals surface area contributed by atoms with Gasteiger partial charge in [-0.3, -0.25) is 14.7 Å². The predicted octanol–water partition coefficient (Wildman–Crippen LogP) is 2.15. The van der Waals surface area contributed by atoms with Crippen LogP contribution in [-0.2, 0) is 4.79 Å². The number of amides is 1. The summed E-state index contributed by atoms with van der Waals surface area (Å²) in [5.41, 5.74) is 1.52. The van der Waals surface area contributed by atoms with Crippen LogP contribution in [0, 0.1) is 0 Å². The molecular formula is C15H21N3O3. The molecule has 1 aromatic heterocycles. The van der Waals surface area contributed by atoms with Gasteiger partial charge in [0.05, 0.1) is 0 Å². The van der Waals surface area contributed by atoms with Gasteiger partial charge in [-0.2, -0.15) is 5.10 Å². The number of piperidine rings is 1. The number of nitrogens with one attached hydrogen (secondary N) is 1. The Labute approximate surface area is 123 Å². The van der Waals surface area contributed by atoms with Crippen LogP contribution in [0.15, 0.2) is 6.07 Å². The highest BCUT2D eigenvalue weighted by molar-refractivity contribution is 5.92. The summed E-state index contributed by atoms with van der Waals surface area (Å²) in [6, 6.07) is 1.89. The van der Waals surface area contributed by atoms with E-state index in [-0.39, 0.29) is 18.4 Å². The molecule has 1 aliphatic carbocycles. The highest BCUT2D eigenvalue weighted by Gasteiger charge is 2.31. The zero-order valence-corrected chi connectivity index (χ0v) is 12.0. The van der Waals surface area contributed by atoms with Crippen molar-refractivity contribution in [3.8, 4) is 0 Å². The lowest BCUT2D eigenvalue weighted by Crippen LogP contribution is -2.44. The Bertz CT molecular complexity index is 536. The van der Waals surface area contributed by atoms with Crippen LogP contribution in [0.3, 0.4) is 0 Å². The van der Waals surface area contributed by atoms with Gasteiger partial charge in [-0.15, -0.1) is 0 Å². The second-order valence-electron chi connectivity index (χ2n) is 6.06. The molecule has 2 fully saturated rings. The number of aliphatic carboxylic acids is 1. The summed E-state index contributed by atoms with van der Waals surface area (Å²) in [6.45, 7) is 0.703. The third-order valence-electron chi connectivity index (χ3n) is 4.41. The molecule has 1 saturated heterocycles. The van der Waals surface area contributed by atoms with Crippen LogP contribution in [0.1, 0.15) is 67.0 Å². The summed E-state index contributed by atoms with van der Waals surface area (Å²) in [7, 11) is 0. The second-order valence-corrected chi connectivity index (χ2v) is 6.06. The lowest BCUT2D eigenvalue weighted by Gasteiger charge is -2.35. The number of carbonyl (C=O) groups is 2. The molecule has 0 unspecified atom stereocenters. The Morgan fingerprint density at radius 3 is 2.86 bits per heavy atom. The minimum atomic E-state index is -0.802. The van der Waals surface area contributed by atoms with Gasteiger partial charge in [0.1, 0.15) is 5.69 Å². The molecule has 2 aliphatic rings. The molecule has 0 bridgehead atoms. The van der Waals surface area contributed by atoms with E-state index in [0.29, 0.717) is 24.6 Å². The van der Waals surface area contributed by atoms with E-state index >= 15 is 0 Å².